The molecule has 9 nitrogen and oxygen atoms in total. The van der Waals surface area contributed by atoms with E-state index in [1.54, 1.807) is 0 Å². The average molecular weight is 308 g/mol. The molecule has 0 atom stereocenters. The highest BCUT2D eigenvalue weighted by Gasteiger charge is 2.24. The maximum atomic E-state index is 11.8. The number of nitrogens with zero attached hydrogens (tertiary/aromatic N) is 2. The Morgan fingerprint density at radius 1 is 1.45 bits per heavy atom. The second-order valence-electron chi connectivity index (χ2n) is 4.06. The lowest BCUT2D eigenvalue weighted by Crippen LogP contribution is -2.24. The van der Waals surface area contributed by atoms with Crippen LogP contribution in [0.1, 0.15) is 0 Å². The van der Waals surface area contributed by atoms with Crippen LogP contribution in [0.2, 0.25) is 0 Å². The molecule has 0 fully saturated rings. The van der Waals surface area contributed by atoms with Crippen LogP contribution in [0.3, 0.4) is 0 Å². The highest BCUT2D eigenvalue weighted by molar-refractivity contribution is 7.91. The van der Waals surface area contributed by atoms with E-state index in [1.165, 1.54) is 18.9 Å². The lowest BCUT2D eigenvalue weighted by atomic mass is 10.5. The SMILES string of the molecule is COC(CNc1nn(CCO)c(N)c1S(C)(=O)=O)OC. The highest BCUT2D eigenvalue weighted by Crippen LogP contribution is 2.27. The fourth-order valence-corrected chi connectivity index (χ4v) is 2.60. The van der Waals surface area contributed by atoms with Crippen molar-refractivity contribution in [3.8, 4) is 0 Å². The third-order valence-electron chi connectivity index (χ3n) is 2.59. The Labute approximate surface area is 117 Å². The van der Waals surface area contributed by atoms with Gasteiger partial charge in [-0.05, 0) is 0 Å². The number of anilines is 2. The maximum absolute atomic E-state index is 11.8. The second kappa shape index (κ2) is 6.88. The second-order valence-corrected chi connectivity index (χ2v) is 6.02. The van der Waals surface area contributed by atoms with Crippen molar-refractivity contribution in [2.75, 3.05) is 44.7 Å². The molecule has 0 saturated carbocycles. The van der Waals surface area contributed by atoms with E-state index in [-0.39, 0.29) is 36.2 Å². The molecule has 0 saturated heterocycles. The van der Waals surface area contributed by atoms with E-state index in [1.807, 2.05) is 0 Å². The fraction of sp³-hybridized carbons (Fsp3) is 0.700. The summed E-state index contributed by atoms with van der Waals surface area (Å²) < 4.78 is 34.8. The van der Waals surface area contributed by atoms with Crippen LogP contribution < -0.4 is 11.1 Å². The van der Waals surface area contributed by atoms with Gasteiger partial charge in [-0.2, -0.15) is 5.10 Å². The van der Waals surface area contributed by atoms with Gasteiger partial charge in [0.1, 0.15) is 5.82 Å². The van der Waals surface area contributed by atoms with E-state index in [2.05, 4.69) is 10.4 Å². The molecule has 0 bridgehead atoms. The van der Waals surface area contributed by atoms with Gasteiger partial charge in [-0.25, -0.2) is 13.1 Å². The number of ether oxygens (including phenoxy) is 2. The largest absolute Gasteiger partial charge is 0.394 e. The van der Waals surface area contributed by atoms with E-state index < -0.39 is 16.1 Å². The van der Waals surface area contributed by atoms with Crippen LogP contribution in [0, 0.1) is 0 Å². The zero-order chi connectivity index (χ0) is 15.3. The number of aromatic nitrogens is 2. The van der Waals surface area contributed by atoms with Gasteiger partial charge in [0, 0.05) is 20.5 Å². The van der Waals surface area contributed by atoms with Crippen LogP contribution in [0.25, 0.3) is 0 Å². The molecule has 0 amide bonds. The predicted octanol–water partition coefficient (Wildman–Crippen LogP) is -1.11. The quantitative estimate of drug-likeness (QED) is 0.516. The summed E-state index contributed by atoms with van der Waals surface area (Å²) in [6.07, 6.45) is 0.491. The number of hydrogen-bond donors (Lipinski definition) is 3. The summed E-state index contributed by atoms with van der Waals surface area (Å²) in [6, 6.07) is 0. The first-order valence-corrected chi connectivity index (χ1v) is 7.71. The molecule has 0 aliphatic carbocycles. The van der Waals surface area contributed by atoms with Crippen molar-refractivity contribution in [3.05, 3.63) is 0 Å². The van der Waals surface area contributed by atoms with Gasteiger partial charge in [-0.15, -0.1) is 0 Å². The molecule has 1 aromatic rings. The summed E-state index contributed by atoms with van der Waals surface area (Å²) in [4.78, 5) is -0.100. The van der Waals surface area contributed by atoms with Gasteiger partial charge < -0.3 is 25.6 Å². The first-order valence-electron chi connectivity index (χ1n) is 5.81. The highest BCUT2D eigenvalue weighted by atomic mass is 32.2. The minimum atomic E-state index is -3.56. The maximum Gasteiger partial charge on any atom is 0.182 e. The number of hydrogen-bond acceptors (Lipinski definition) is 8. The summed E-state index contributed by atoms with van der Waals surface area (Å²) in [5.74, 6) is 0.0907. The van der Waals surface area contributed by atoms with Crippen molar-refractivity contribution < 1.29 is 23.0 Å². The molecule has 1 rings (SSSR count). The lowest BCUT2D eigenvalue weighted by Gasteiger charge is -2.14. The van der Waals surface area contributed by atoms with Gasteiger partial charge >= 0.3 is 0 Å². The number of aliphatic hydroxyl groups excluding tert-OH is 1. The Kier molecular flexibility index (Phi) is 5.74. The van der Waals surface area contributed by atoms with Crippen LogP contribution in [-0.4, -0.2) is 63.2 Å². The van der Waals surface area contributed by atoms with E-state index in [0.717, 1.165) is 6.26 Å². The van der Waals surface area contributed by atoms with Crippen LogP contribution in [-0.2, 0) is 25.9 Å². The standard InChI is InChI=1S/C10H20N4O5S/c1-18-7(19-2)6-12-10-8(20(3,16)17)9(11)14(13-10)4-5-15/h7,15H,4-6,11H2,1-3H3,(H,12,13). The zero-order valence-electron chi connectivity index (χ0n) is 11.7. The Hall–Kier alpha value is -1.36. The normalized spacial score (nSPS) is 12.1. The Balaban J connectivity index is 3.08. The fourth-order valence-electron chi connectivity index (χ4n) is 1.65. The summed E-state index contributed by atoms with van der Waals surface area (Å²) in [5.41, 5.74) is 5.76. The summed E-state index contributed by atoms with van der Waals surface area (Å²) in [5, 5.41) is 15.8. The topological polar surface area (TPSA) is 129 Å². The van der Waals surface area contributed by atoms with E-state index in [0.29, 0.717) is 0 Å². The van der Waals surface area contributed by atoms with Crippen molar-refractivity contribution in [1.82, 2.24) is 9.78 Å². The van der Waals surface area contributed by atoms with Crippen molar-refractivity contribution >= 4 is 21.5 Å². The van der Waals surface area contributed by atoms with E-state index in [4.69, 9.17) is 20.3 Å². The van der Waals surface area contributed by atoms with Gasteiger partial charge in [0.05, 0.1) is 19.7 Å². The molecule has 0 radical (unpaired) electrons. The van der Waals surface area contributed by atoms with Gasteiger partial charge in [0.15, 0.2) is 26.8 Å². The van der Waals surface area contributed by atoms with Crippen molar-refractivity contribution in [2.24, 2.45) is 0 Å². The molecule has 0 unspecified atom stereocenters. The van der Waals surface area contributed by atoms with Crippen LogP contribution in [0.4, 0.5) is 11.6 Å². The monoisotopic (exact) mass is 308 g/mol. The number of methoxy groups -OCH3 is 2. The van der Waals surface area contributed by atoms with Crippen molar-refractivity contribution in [3.63, 3.8) is 0 Å². The minimum Gasteiger partial charge on any atom is -0.394 e. The summed E-state index contributed by atoms with van der Waals surface area (Å²) in [7, 11) is -0.628. The molecule has 116 valence electrons. The molecule has 1 heterocycles. The lowest BCUT2D eigenvalue weighted by molar-refractivity contribution is -0.0914. The van der Waals surface area contributed by atoms with Crippen LogP contribution >= 0.6 is 0 Å². The smallest absolute Gasteiger partial charge is 0.182 e. The molecule has 0 aliphatic heterocycles. The third-order valence-corrected chi connectivity index (χ3v) is 3.74. The molecule has 1 aromatic heterocycles. The van der Waals surface area contributed by atoms with Gasteiger partial charge in [0.2, 0.25) is 0 Å². The zero-order valence-corrected chi connectivity index (χ0v) is 12.5. The minimum absolute atomic E-state index is 0.0181. The number of nitrogens with one attached hydrogen (secondary N) is 1. The number of sulfone groups is 1. The molecule has 20 heavy (non-hydrogen) atoms. The Morgan fingerprint density at radius 2 is 2.05 bits per heavy atom. The number of rotatable bonds is 8. The molecule has 4 N–H and O–H groups in total. The van der Waals surface area contributed by atoms with Crippen LogP contribution in [0.5, 0.6) is 0 Å². The van der Waals surface area contributed by atoms with Gasteiger partial charge in [-0.1, -0.05) is 0 Å². The van der Waals surface area contributed by atoms with E-state index >= 15 is 0 Å². The van der Waals surface area contributed by atoms with Crippen molar-refractivity contribution in [1.29, 1.82) is 0 Å². The molecule has 0 spiro atoms. The van der Waals surface area contributed by atoms with Gasteiger partial charge in [-0.3, -0.25) is 0 Å². The Bertz CT molecular complexity index is 538. The van der Waals surface area contributed by atoms with Crippen molar-refractivity contribution in [2.45, 2.75) is 17.7 Å². The average Bonchev–Trinajstić information content (AvgIpc) is 2.68. The number of aliphatic hydroxyl groups is 1. The molecule has 0 aliphatic rings. The first kappa shape index (κ1) is 16.7. The van der Waals surface area contributed by atoms with E-state index in [9.17, 15) is 8.42 Å². The predicted molar refractivity (Wildman–Crippen MR) is 73.1 cm³/mol. The molecule has 10 heteroatoms. The molecular formula is C10H20N4O5S. The third kappa shape index (κ3) is 3.82. The molecule has 0 aromatic carbocycles. The first-order chi connectivity index (χ1) is 9.35. The summed E-state index contributed by atoms with van der Waals surface area (Å²) >= 11 is 0. The Morgan fingerprint density at radius 3 is 2.50 bits per heavy atom. The summed E-state index contributed by atoms with van der Waals surface area (Å²) in [6.45, 7) is 0.104. The number of nitrogens with two attached hydrogens (primary N) is 1. The van der Waals surface area contributed by atoms with Crippen LogP contribution in [0.15, 0.2) is 4.90 Å². The van der Waals surface area contributed by atoms with Gasteiger partial charge in [0.25, 0.3) is 0 Å². The number of nitrogen functional groups attached to an aromatic ring is 1. The molecular weight excluding hydrogens is 288 g/mol.